The third-order valence-corrected chi connectivity index (χ3v) is 4.10. The maximum atomic E-state index is 10.6. The van der Waals surface area contributed by atoms with Crippen LogP contribution in [0.4, 0.5) is 24.9 Å². The maximum Gasteiger partial charge on any atom is 0.490 e. The van der Waals surface area contributed by atoms with E-state index in [0.717, 1.165) is 38.9 Å². The second kappa shape index (κ2) is 7.34. The first-order valence-electron chi connectivity index (χ1n) is 8.20. The van der Waals surface area contributed by atoms with Gasteiger partial charge >= 0.3 is 12.1 Å². The number of carboxylic acids is 1. The van der Waals surface area contributed by atoms with Crippen LogP contribution >= 0.6 is 0 Å². The second-order valence-corrected chi connectivity index (χ2v) is 5.97. The molecule has 4 aromatic rings. The molecule has 0 aliphatic carbocycles. The predicted octanol–water partition coefficient (Wildman–Crippen LogP) is 3.64. The highest BCUT2D eigenvalue weighted by molar-refractivity contribution is 6.15. The topological polar surface area (TPSA) is 119 Å². The van der Waals surface area contributed by atoms with Gasteiger partial charge in [-0.15, -0.1) is 0 Å². The number of carboxylic acid groups (broad SMARTS) is 1. The van der Waals surface area contributed by atoms with E-state index >= 15 is 0 Å². The molecule has 3 heterocycles. The van der Waals surface area contributed by atoms with Crippen molar-refractivity contribution in [2.75, 3.05) is 18.1 Å². The number of benzene rings is 1. The van der Waals surface area contributed by atoms with Gasteiger partial charge in [0.25, 0.3) is 0 Å². The van der Waals surface area contributed by atoms with Gasteiger partial charge in [0, 0.05) is 31.2 Å². The third kappa shape index (κ3) is 3.79. The van der Waals surface area contributed by atoms with Crippen LogP contribution in [-0.2, 0) is 11.8 Å². The summed E-state index contributed by atoms with van der Waals surface area (Å²) >= 11 is 0. The molecule has 4 rings (SSSR count). The molecule has 152 valence electrons. The molecule has 0 aliphatic heterocycles. The number of hydrogen-bond donors (Lipinski definition) is 3. The van der Waals surface area contributed by atoms with Gasteiger partial charge in [-0.2, -0.15) is 18.2 Å². The van der Waals surface area contributed by atoms with E-state index in [9.17, 15) is 13.2 Å². The molecule has 0 atom stereocenters. The van der Waals surface area contributed by atoms with Crippen molar-refractivity contribution in [2.45, 2.75) is 6.18 Å². The number of aryl methyl sites for hydroxylation is 1. The Balaban J connectivity index is 0.000000298. The van der Waals surface area contributed by atoms with Gasteiger partial charge in [0.15, 0.2) is 0 Å². The smallest absolute Gasteiger partial charge is 0.475 e. The molecule has 0 aliphatic rings. The molecule has 0 unspecified atom stereocenters. The third-order valence-electron chi connectivity index (χ3n) is 4.10. The lowest BCUT2D eigenvalue weighted by Gasteiger charge is -2.11. The molecule has 1 aromatic carbocycles. The number of aliphatic carboxylic acids is 1. The fourth-order valence-electron chi connectivity index (χ4n) is 2.94. The largest absolute Gasteiger partial charge is 0.490 e. The molecule has 0 spiro atoms. The monoisotopic (exact) mass is 407 g/mol. The normalized spacial score (nSPS) is 11.3. The summed E-state index contributed by atoms with van der Waals surface area (Å²) < 4.78 is 39.4. The number of furan rings is 1. The second-order valence-electron chi connectivity index (χ2n) is 5.97. The number of halogens is 3. The molecular formula is C18H16F3N5O3. The van der Waals surface area contributed by atoms with Crippen molar-refractivity contribution in [3.05, 3.63) is 36.7 Å². The Morgan fingerprint density at radius 2 is 2.00 bits per heavy atom. The van der Waals surface area contributed by atoms with E-state index in [0.29, 0.717) is 0 Å². The van der Waals surface area contributed by atoms with Crippen LogP contribution in [-0.4, -0.2) is 38.8 Å². The first-order chi connectivity index (χ1) is 13.6. The summed E-state index contributed by atoms with van der Waals surface area (Å²) in [6.45, 7) is 0. The average Bonchev–Trinajstić information content (AvgIpc) is 3.30. The van der Waals surface area contributed by atoms with E-state index in [4.69, 9.17) is 20.1 Å². The number of aromatic nitrogens is 3. The summed E-state index contributed by atoms with van der Waals surface area (Å²) in [5, 5.41) is 12.3. The first-order valence-corrected chi connectivity index (χ1v) is 8.20. The van der Waals surface area contributed by atoms with Crippen molar-refractivity contribution in [3.8, 4) is 11.3 Å². The highest BCUT2D eigenvalue weighted by Crippen LogP contribution is 2.37. The fraction of sp³-hybridized carbons (Fsp3) is 0.167. The van der Waals surface area contributed by atoms with Gasteiger partial charge in [-0.05, 0) is 24.3 Å². The number of alkyl halides is 3. The molecule has 0 saturated heterocycles. The lowest BCUT2D eigenvalue weighted by atomic mass is 10.0. The molecule has 0 radical (unpaired) electrons. The van der Waals surface area contributed by atoms with Gasteiger partial charge in [-0.1, -0.05) is 0 Å². The van der Waals surface area contributed by atoms with Crippen LogP contribution in [0.5, 0.6) is 0 Å². The highest BCUT2D eigenvalue weighted by Gasteiger charge is 2.38. The molecule has 8 nitrogen and oxygen atoms in total. The summed E-state index contributed by atoms with van der Waals surface area (Å²) in [5.74, 6) is -0.980. The molecule has 11 heteroatoms. The number of nitrogen functional groups attached to an aromatic ring is 1. The van der Waals surface area contributed by atoms with Crippen LogP contribution in [0.2, 0.25) is 0 Å². The van der Waals surface area contributed by atoms with E-state index in [2.05, 4.69) is 25.9 Å². The number of carbonyl (C=O) groups is 1. The molecule has 4 N–H and O–H groups in total. The summed E-state index contributed by atoms with van der Waals surface area (Å²) in [7, 11) is 3.84. The Bertz CT molecular complexity index is 1180. The number of anilines is 2. The Hall–Kier alpha value is -3.76. The first kappa shape index (κ1) is 20.0. The minimum absolute atomic E-state index is 0.248. The Morgan fingerprint density at radius 3 is 2.55 bits per heavy atom. The van der Waals surface area contributed by atoms with Crippen LogP contribution in [0.15, 0.2) is 41.1 Å². The maximum absolute atomic E-state index is 10.6. The van der Waals surface area contributed by atoms with Crippen LogP contribution in [0.1, 0.15) is 0 Å². The fourth-order valence-corrected chi connectivity index (χ4v) is 2.94. The average molecular weight is 407 g/mol. The number of hydrogen-bond acceptors (Lipinski definition) is 6. The number of nitrogens with two attached hydrogens (primary N) is 1. The zero-order valence-electron chi connectivity index (χ0n) is 15.3. The summed E-state index contributed by atoms with van der Waals surface area (Å²) in [4.78, 5) is 17.6. The molecule has 0 fully saturated rings. The van der Waals surface area contributed by atoms with Gasteiger partial charge < -0.3 is 25.1 Å². The van der Waals surface area contributed by atoms with Crippen molar-refractivity contribution in [3.63, 3.8) is 0 Å². The van der Waals surface area contributed by atoms with Gasteiger partial charge in [0.05, 0.1) is 22.7 Å². The van der Waals surface area contributed by atoms with Gasteiger partial charge in [0.1, 0.15) is 11.6 Å². The molecule has 29 heavy (non-hydrogen) atoms. The minimum Gasteiger partial charge on any atom is -0.475 e. The highest BCUT2D eigenvalue weighted by atomic mass is 19.4. The Labute approximate surface area is 161 Å². The van der Waals surface area contributed by atoms with E-state index in [1.165, 1.54) is 0 Å². The molecular weight excluding hydrogens is 391 g/mol. The van der Waals surface area contributed by atoms with Crippen LogP contribution < -0.4 is 11.1 Å². The van der Waals surface area contributed by atoms with Crippen LogP contribution in [0, 0.1) is 0 Å². The molecule has 0 amide bonds. The van der Waals surface area contributed by atoms with Crippen molar-refractivity contribution < 1.29 is 27.5 Å². The number of nitrogens with one attached hydrogen (secondary N) is 1. The Morgan fingerprint density at radius 1 is 1.31 bits per heavy atom. The standard InChI is InChI=1S/C16H15N5O.C2HF3O2/c1-18-15-13-9-5-6-21(2)14(9)10(12-4-3-7-22-12)8-11(13)19-16(17)20-15;3-2(4,5)1(6)7/h3-8H,1-2H3,(H3,17,18,19,20);(H,6,7). The number of rotatable bonds is 2. The van der Waals surface area contributed by atoms with Gasteiger partial charge in [0.2, 0.25) is 5.95 Å². The summed E-state index contributed by atoms with van der Waals surface area (Å²) in [6, 6.07) is 7.87. The van der Waals surface area contributed by atoms with Crippen molar-refractivity contribution in [1.82, 2.24) is 14.5 Å². The number of nitrogens with zero attached hydrogens (tertiary/aromatic N) is 3. The van der Waals surface area contributed by atoms with Crippen LogP contribution in [0.3, 0.4) is 0 Å². The van der Waals surface area contributed by atoms with E-state index in [1.54, 1.807) is 6.26 Å². The summed E-state index contributed by atoms with van der Waals surface area (Å²) in [6.07, 6.45) is -1.39. The SMILES string of the molecule is CNc1nc(N)nc2cc(-c3ccco3)c3c(ccn3C)c12.O=C(O)C(F)(F)F. The van der Waals surface area contributed by atoms with E-state index in [-0.39, 0.29) is 5.95 Å². The van der Waals surface area contributed by atoms with Crippen molar-refractivity contribution in [1.29, 1.82) is 0 Å². The van der Waals surface area contributed by atoms with E-state index < -0.39 is 12.1 Å². The number of fused-ring (bicyclic) bond motifs is 3. The van der Waals surface area contributed by atoms with Gasteiger partial charge in [-0.3, -0.25) is 0 Å². The molecule has 3 aromatic heterocycles. The zero-order valence-corrected chi connectivity index (χ0v) is 15.3. The minimum atomic E-state index is -5.08. The lowest BCUT2D eigenvalue weighted by Crippen LogP contribution is -2.21. The Kier molecular flexibility index (Phi) is 5.06. The summed E-state index contributed by atoms with van der Waals surface area (Å²) in [5.41, 5.74) is 8.68. The predicted molar refractivity (Wildman–Crippen MR) is 101 cm³/mol. The quantitative estimate of drug-likeness (QED) is 0.464. The van der Waals surface area contributed by atoms with E-state index in [1.807, 2.05) is 38.5 Å². The van der Waals surface area contributed by atoms with Crippen molar-refractivity contribution >= 4 is 39.5 Å². The zero-order chi connectivity index (χ0) is 21.3. The molecule has 0 saturated carbocycles. The lowest BCUT2D eigenvalue weighted by molar-refractivity contribution is -0.192. The molecule has 0 bridgehead atoms. The van der Waals surface area contributed by atoms with Crippen LogP contribution in [0.25, 0.3) is 33.1 Å². The van der Waals surface area contributed by atoms with Gasteiger partial charge in [-0.25, -0.2) is 9.78 Å². The van der Waals surface area contributed by atoms with Crippen molar-refractivity contribution in [2.24, 2.45) is 7.05 Å².